The fourth-order valence-electron chi connectivity index (χ4n) is 4.72. The summed E-state index contributed by atoms with van der Waals surface area (Å²) in [7, 11) is 0. The third-order valence-corrected chi connectivity index (χ3v) is 6.24. The molecule has 0 spiro atoms. The largest absolute Gasteiger partial charge is 0.264 e. The van der Waals surface area contributed by atoms with E-state index in [9.17, 15) is 0 Å². The summed E-state index contributed by atoms with van der Waals surface area (Å²) in [5, 5.41) is 0. The zero-order valence-corrected chi connectivity index (χ0v) is 19.4. The molecule has 0 bridgehead atoms. The number of rotatable bonds is 7. The molecule has 2 atom stereocenters. The van der Waals surface area contributed by atoms with Crippen molar-refractivity contribution in [3.05, 3.63) is 120 Å². The molecule has 0 N–H and O–H groups in total. The number of aromatic nitrogens is 2. The Balaban J connectivity index is 1.58. The van der Waals surface area contributed by atoms with Gasteiger partial charge in [0.1, 0.15) is 0 Å². The Morgan fingerprint density at radius 3 is 1.72 bits per heavy atom. The first-order valence-corrected chi connectivity index (χ1v) is 11.6. The summed E-state index contributed by atoms with van der Waals surface area (Å²) < 4.78 is 0. The van der Waals surface area contributed by atoms with Crippen molar-refractivity contribution in [1.29, 1.82) is 0 Å². The number of nitrogens with zero attached hydrogens (tertiary/aromatic N) is 2. The maximum absolute atomic E-state index is 4.88. The van der Waals surface area contributed by atoms with E-state index in [-0.39, 0.29) is 0 Å². The molecule has 0 aliphatic rings. The first kappa shape index (κ1) is 22.0. The Morgan fingerprint density at radius 2 is 1.16 bits per heavy atom. The molecule has 2 unspecified atom stereocenters. The molecule has 162 valence electrons. The average Bonchev–Trinajstić information content (AvgIpc) is 2.81. The Labute approximate surface area is 192 Å². The molecule has 0 radical (unpaired) electrons. The van der Waals surface area contributed by atoms with Gasteiger partial charge in [-0.1, -0.05) is 94.4 Å². The van der Waals surface area contributed by atoms with Crippen molar-refractivity contribution in [2.24, 2.45) is 11.8 Å². The van der Waals surface area contributed by atoms with Crippen LogP contribution in [0.5, 0.6) is 0 Å². The van der Waals surface area contributed by atoms with Gasteiger partial charge in [-0.25, -0.2) is 0 Å². The standard InChI is InChI=1S/C30H32N2/c1-21(2)29(27-11-8-18-31-19-27)25-14-12-23(13-15-25)26-16-17-28(32-20-26)30(22(3)4)24-9-6-5-7-10-24/h5-22,29-30H,1-4H3. The van der Waals surface area contributed by atoms with Gasteiger partial charge < -0.3 is 0 Å². The minimum absolute atomic E-state index is 0.305. The van der Waals surface area contributed by atoms with E-state index in [1.807, 2.05) is 24.7 Å². The van der Waals surface area contributed by atoms with E-state index in [0.717, 1.165) is 11.3 Å². The summed E-state index contributed by atoms with van der Waals surface area (Å²) >= 11 is 0. The van der Waals surface area contributed by atoms with Gasteiger partial charge in [0.2, 0.25) is 0 Å². The molecule has 0 aliphatic heterocycles. The van der Waals surface area contributed by atoms with Crippen LogP contribution in [-0.2, 0) is 0 Å². The molecule has 32 heavy (non-hydrogen) atoms. The Hall–Kier alpha value is -3.26. The molecule has 2 aromatic heterocycles. The van der Waals surface area contributed by atoms with Gasteiger partial charge in [-0.2, -0.15) is 0 Å². The van der Waals surface area contributed by atoms with Crippen molar-refractivity contribution in [2.45, 2.75) is 39.5 Å². The van der Waals surface area contributed by atoms with Gasteiger partial charge in [-0.15, -0.1) is 0 Å². The molecule has 2 heterocycles. The molecule has 2 heteroatoms. The van der Waals surface area contributed by atoms with Crippen LogP contribution in [0.25, 0.3) is 11.1 Å². The highest BCUT2D eigenvalue weighted by molar-refractivity contribution is 5.63. The van der Waals surface area contributed by atoms with Gasteiger partial charge in [0, 0.05) is 41.7 Å². The van der Waals surface area contributed by atoms with Crippen LogP contribution in [0.2, 0.25) is 0 Å². The van der Waals surface area contributed by atoms with Crippen LogP contribution < -0.4 is 0 Å². The highest BCUT2D eigenvalue weighted by Crippen LogP contribution is 2.34. The average molecular weight is 421 g/mol. The molecule has 0 saturated carbocycles. The topological polar surface area (TPSA) is 25.8 Å². The lowest BCUT2D eigenvalue weighted by molar-refractivity contribution is 0.552. The van der Waals surface area contributed by atoms with Crippen molar-refractivity contribution >= 4 is 0 Å². The predicted octanol–water partition coefficient (Wildman–Crippen LogP) is 7.72. The minimum atomic E-state index is 0.305. The number of hydrogen-bond acceptors (Lipinski definition) is 2. The number of benzene rings is 2. The van der Waals surface area contributed by atoms with Crippen LogP contribution in [0.15, 0.2) is 97.5 Å². The number of hydrogen-bond donors (Lipinski definition) is 0. The second-order valence-electron chi connectivity index (χ2n) is 9.23. The van der Waals surface area contributed by atoms with Crippen LogP contribution in [-0.4, -0.2) is 9.97 Å². The zero-order chi connectivity index (χ0) is 22.5. The maximum Gasteiger partial charge on any atom is 0.0481 e. The van der Waals surface area contributed by atoms with E-state index < -0.39 is 0 Å². The Kier molecular flexibility index (Phi) is 6.80. The third kappa shape index (κ3) is 4.80. The van der Waals surface area contributed by atoms with Crippen LogP contribution in [0.4, 0.5) is 0 Å². The molecule has 0 amide bonds. The smallest absolute Gasteiger partial charge is 0.0481 e. The summed E-state index contributed by atoms with van der Waals surface area (Å²) in [5.74, 6) is 1.63. The summed E-state index contributed by atoms with van der Waals surface area (Å²) in [4.78, 5) is 9.21. The number of pyridine rings is 2. The molecule has 2 aromatic carbocycles. The predicted molar refractivity (Wildman–Crippen MR) is 134 cm³/mol. The highest BCUT2D eigenvalue weighted by atomic mass is 14.7. The molecule has 0 saturated heterocycles. The second-order valence-corrected chi connectivity index (χ2v) is 9.23. The van der Waals surface area contributed by atoms with Gasteiger partial charge in [-0.05, 0) is 46.2 Å². The van der Waals surface area contributed by atoms with Crippen LogP contribution >= 0.6 is 0 Å². The molecule has 4 aromatic rings. The molecule has 0 aliphatic carbocycles. The van der Waals surface area contributed by atoms with Crippen molar-refractivity contribution in [1.82, 2.24) is 9.97 Å². The van der Waals surface area contributed by atoms with Gasteiger partial charge in [0.05, 0.1) is 0 Å². The zero-order valence-electron chi connectivity index (χ0n) is 19.4. The van der Waals surface area contributed by atoms with Crippen molar-refractivity contribution in [3.63, 3.8) is 0 Å². The summed E-state index contributed by atoms with van der Waals surface area (Å²) in [6.07, 6.45) is 5.84. The summed E-state index contributed by atoms with van der Waals surface area (Å²) in [5.41, 5.74) is 7.39. The summed E-state index contributed by atoms with van der Waals surface area (Å²) in [6, 6.07) is 28.2. The van der Waals surface area contributed by atoms with E-state index >= 15 is 0 Å². The van der Waals surface area contributed by atoms with Gasteiger partial charge in [-0.3, -0.25) is 9.97 Å². The fourth-order valence-corrected chi connectivity index (χ4v) is 4.72. The van der Waals surface area contributed by atoms with Gasteiger partial charge in [0.15, 0.2) is 0 Å². The van der Waals surface area contributed by atoms with E-state index in [1.54, 1.807) is 0 Å². The molecule has 0 fully saturated rings. The SMILES string of the molecule is CC(C)C(c1ccc(-c2ccc(C(c3ccccc3)C(C)C)nc2)cc1)c1cccnc1. The van der Waals surface area contributed by atoms with Crippen LogP contribution in [0.1, 0.15) is 61.9 Å². The first-order chi connectivity index (χ1) is 15.5. The van der Waals surface area contributed by atoms with E-state index in [2.05, 4.69) is 105 Å². The maximum atomic E-state index is 4.88. The highest BCUT2D eigenvalue weighted by Gasteiger charge is 2.20. The van der Waals surface area contributed by atoms with Crippen LogP contribution in [0.3, 0.4) is 0 Å². The molecular weight excluding hydrogens is 388 g/mol. The third-order valence-electron chi connectivity index (χ3n) is 6.24. The first-order valence-electron chi connectivity index (χ1n) is 11.6. The lowest BCUT2D eigenvalue weighted by Gasteiger charge is -2.22. The summed E-state index contributed by atoms with van der Waals surface area (Å²) in [6.45, 7) is 9.07. The minimum Gasteiger partial charge on any atom is -0.264 e. The Bertz CT molecular complexity index is 1010. The lowest BCUT2D eigenvalue weighted by atomic mass is 9.83. The van der Waals surface area contributed by atoms with Gasteiger partial charge >= 0.3 is 0 Å². The van der Waals surface area contributed by atoms with E-state index in [1.165, 1.54) is 22.3 Å². The normalized spacial score (nSPS) is 13.3. The lowest BCUT2D eigenvalue weighted by Crippen LogP contribution is -2.10. The fraction of sp³-hybridized carbons (Fsp3) is 0.267. The molecule has 2 nitrogen and oxygen atoms in total. The van der Waals surface area contributed by atoms with Crippen LogP contribution in [0, 0.1) is 11.8 Å². The molecule has 4 rings (SSSR count). The monoisotopic (exact) mass is 420 g/mol. The van der Waals surface area contributed by atoms with Crippen molar-refractivity contribution < 1.29 is 0 Å². The van der Waals surface area contributed by atoms with Crippen molar-refractivity contribution in [2.75, 3.05) is 0 Å². The van der Waals surface area contributed by atoms with E-state index in [0.29, 0.717) is 23.7 Å². The van der Waals surface area contributed by atoms with Crippen molar-refractivity contribution in [3.8, 4) is 11.1 Å². The molecular formula is C30H32N2. The van der Waals surface area contributed by atoms with Gasteiger partial charge in [0.25, 0.3) is 0 Å². The quantitative estimate of drug-likeness (QED) is 0.306. The Morgan fingerprint density at radius 1 is 0.531 bits per heavy atom. The second kappa shape index (κ2) is 9.91. The van der Waals surface area contributed by atoms with E-state index in [4.69, 9.17) is 4.98 Å².